The molecular formula is C28H25NO3S. The van der Waals surface area contributed by atoms with Crippen molar-refractivity contribution in [2.24, 2.45) is 0 Å². The predicted octanol–water partition coefficient (Wildman–Crippen LogP) is 5.50. The van der Waals surface area contributed by atoms with Crippen LogP contribution >= 0.6 is 0 Å². The van der Waals surface area contributed by atoms with Gasteiger partial charge in [0.05, 0.1) is 10.6 Å². The largest absolute Gasteiger partial charge is 0.330 e. The minimum atomic E-state index is -3.50. The van der Waals surface area contributed by atoms with Crippen molar-refractivity contribution in [1.29, 1.82) is 0 Å². The molecule has 0 bridgehead atoms. The van der Waals surface area contributed by atoms with Gasteiger partial charge in [-0.05, 0) is 41.0 Å². The van der Waals surface area contributed by atoms with E-state index in [1.54, 1.807) is 59.5 Å². The highest BCUT2D eigenvalue weighted by Crippen LogP contribution is 2.19. The second kappa shape index (κ2) is 10.3. The lowest BCUT2D eigenvalue weighted by atomic mass is 10.1. The Bertz CT molecular complexity index is 1260. The highest BCUT2D eigenvalue weighted by atomic mass is 32.2. The molecule has 0 saturated heterocycles. The molecule has 5 heteroatoms. The smallest absolute Gasteiger partial charge is 0.254 e. The second-order valence-corrected chi connectivity index (χ2v) is 9.89. The summed E-state index contributed by atoms with van der Waals surface area (Å²) in [6.45, 7) is 0.919. The average molecular weight is 456 g/mol. The number of carbonyl (C=O) groups is 1. The summed E-state index contributed by atoms with van der Waals surface area (Å²) < 4.78 is 25.6. The Hall–Kier alpha value is -3.70. The Kier molecular flexibility index (Phi) is 7.01. The van der Waals surface area contributed by atoms with Gasteiger partial charge in [0.2, 0.25) is 0 Å². The molecule has 0 fully saturated rings. The first kappa shape index (κ1) is 22.5. The molecule has 0 spiro atoms. The maximum absolute atomic E-state index is 13.5. The number of carbonyl (C=O) groups excluding carboxylic acids is 1. The molecular weight excluding hydrogens is 430 g/mol. The summed E-state index contributed by atoms with van der Waals surface area (Å²) in [7, 11) is -3.50. The van der Waals surface area contributed by atoms with Gasteiger partial charge in [0.25, 0.3) is 5.91 Å². The van der Waals surface area contributed by atoms with E-state index in [0.717, 1.165) is 11.1 Å². The molecule has 0 saturated carbocycles. The average Bonchev–Trinajstić information content (AvgIpc) is 2.85. The number of amides is 1. The van der Waals surface area contributed by atoms with Crippen LogP contribution in [0, 0.1) is 0 Å². The van der Waals surface area contributed by atoms with E-state index >= 15 is 0 Å². The van der Waals surface area contributed by atoms with Gasteiger partial charge >= 0.3 is 0 Å². The molecule has 0 heterocycles. The quantitative estimate of drug-likeness (QED) is 0.352. The number of sulfone groups is 1. The van der Waals surface area contributed by atoms with Gasteiger partial charge in [0.1, 0.15) is 0 Å². The third-order valence-corrected chi connectivity index (χ3v) is 7.06. The van der Waals surface area contributed by atoms with Gasteiger partial charge in [-0.1, -0.05) is 91.0 Å². The molecule has 4 aromatic carbocycles. The minimum absolute atomic E-state index is 0.137. The molecule has 4 nitrogen and oxygen atoms in total. The molecule has 1 amide bonds. The Morgan fingerprint density at radius 2 is 1.09 bits per heavy atom. The number of hydrogen-bond acceptors (Lipinski definition) is 3. The van der Waals surface area contributed by atoms with Crippen molar-refractivity contribution < 1.29 is 13.2 Å². The number of benzene rings is 4. The van der Waals surface area contributed by atoms with Crippen molar-refractivity contribution in [3.8, 4) is 0 Å². The molecule has 0 aromatic heterocycles. The molecule has 0 aliphatic heterocycles. The van der Waals surface area contributed by atoms with E-state index in [-0.39, 0.29) is 16.6 Å². The first-order valence-corrected chi connectivity index (χ1v) is 12.4. The van der Waals surface area contributed by atoms with Crippen LogP contribution in [0.2, 0.25) is 0 Å². The lowest BCUT2D eigenvalue weighted by Crippen LogP contribution is -2.30. The van der Waals surface area contributed by atoms with E-state index in [1.165, 1.54) is 0 Å². The Morgan fingerprint density at radius 3 is 1.64 bits per heavy atom. The topological polar surface area (TPSA) is 54.5 Å². The van der Waals surface area contributed by atoms with Crippen molar-refractivity contribution in [3.63, 3.8) is 0 Å². The van der Waals surface area contributed by atoms with E-state index in [4.69, 9.17) is 0 Å². The van der Waals surface area contributed by atoms with Crippen molar-refractivity contribution in [2.75, 3.05) is 0 Å². The zero-order valence-corrected chi connectivity index (χ0v) is 19.0. The molecule has 0 aliphatic carbocycles. The van der Waals surface area contributed by atoms with Gasteiger partial charge in [-0.15, -0.1) is 0 Å². The zero-order valence-electron chi connectivity index (χ0n) is 18.2. The minimum Gasteiger partial charge on any atom is -0.330 e. The number of nitrogens with zero attached hydrogens (tertiary/aromatic N) is 1. The summed E-state index contributed by atoms with van der Waals surface area (Å²) in [5.41, 5.74) is 3.13. The van der Waals surface area contributed by atoms with E-state index in [9.17, 15) is 13.2 Å². The molecule has 0 radical (unpaired) electrons. The predicted molar refractivity (Wildman–Crippen MR) is 130 cm³/mol. The van der Waals surface area contributed by atoms with Gasteiger partial charge in [0, 0.05) is 18.7 Å². The lowest BCUT2D eigenvalue weighted by Gasteiger charge is -2.23. The van der Waals surface area contributed by atoms with Crippen LogP contribution in [0.5, 0.6) is 0 Å². The molecule has 4 aromatic rings. The first-order chi connectivity index (χ1) is 16.0. The van der Waals surface area contributed by atoms with Crippen LogP contribution in [0.4, 0.5) is 0 Å². The molecule has 0 unspecified atom stereocenters. The molecule has 0 aliphatic rings. The van der Waals surface area contributed by atoms with Crippen LogP contribution in [0.1, 0.15) is 27.0 Å². The fourth-order valence-corrected chi connectivity index (χ4v) is 5.07. The zero-order chi connectivity index (χ0) is 23.1. The van der Waals surface area contributed by atoms with Crippen molar-refractivity contribution in [2.45, 2.75) is 23.7 Å². The lowest BCUT2D eigenvalue weighted by molar-refractivity contribution is 0.0730. The standard InChI is InChI=1S/C28H25NO3S/c30-28(29(20-23-11-4-1-5-12-23)21-24-13-6-2-7-14-24)26-16-10-15-25(19-26)22-33(31,32)27-17-8-3-9-18-27/h1-19H,20-22H2. The second-order valence-electron chi connectivity index (χ2n) is 7.90. The van der Waals surface area contributed by atoms with Gasteiger partial charge in [-0.3, -0.25) is 4.79 Å². The molecule has 4 rings (SSSR count). The van der Waals surface area contributed by atoms with Gasteiger partial charge in [-0.2, -0.15) is 0 Å². The monoisotopic (exact) mass is 455 g/mol. The fourth-order valence-electron chi connectivity index (χ4n) is 3.71. The maximum Gasteiger partial charge on any atom is 0.254 e. The molecule has 166 valence electrons. The summed E-state index contributed by atoms with van der Waals surface area (Å²) >= 11 is 0. The van der Waals surface area contributed by atoms with Gasteiger partial charge in [-0.25, -0.2) is 8.42 Å². The van der Waals surface area contributed by atoms with Gasteiger partial charge in [0.15, 0.2) is 9.84 Å². The summed E-state index contributed by atoms with van der Waals surface area (Å²) in [5, 5.41) is 0. The Labute approximate surface area is 195 Å². The van der Waals surface area contributed by atoms with Crippen molar-refractivity contribution in [3.05, 3.63) is 138 Å². The van der Waals surface area contributed by atoms with Gasteiger partial charge < -0.3 is 4.90 Å². The fraction of sp³-hybridized carbons (Fsp3) is 0.107. The molecule has 33 heavy (non-hydrogen) atoms. The summed E-state index contributed by atoms with van der Waals surface area (Å²) in [6.07, 6.45) is 0. The Morgan fingerprint density at radius 1 is 0.606 bits per heavy atom. The normalized spacial score (nSPS) is 11.2. The van der Waals surface area contributed by atoms with Crippen LogP contribution in [-0.2, 0) is 28.7 Å². The first-order valence-electron chi connectivity index (χ1n) is 10.8. The SMILES string of the molecule is O=C(c1cccc(CS(=O)(=O)c2ccccc2)c1)N(Cc1ccccc1)Cc1ccccc1. The van der Waals surface area contributed by atoms with E-state index < -0.39 is 9.84 Å². The van der Waals surface area contributed by atoms with Crippen LogP contribution < -0.4 is 0 Å². The summed E-state index contributed by atoms with van der Waals surface area (Å²) in [4.78, 5) is 15.6. The Balaban J connectivity index is 1.59. The summed E-state index contributed by atoms with van der Waals surface area (Å²) in [5.74, 6) is -0.295. The highest BCUT2D eigenvalue weighted by molar-refractivity contribution is 7.90. The molecule has 0 N–H and O–H groups in total. The van der Waals surface area contributed by atoms with E-state index in [1.807, 2.05) is 60.7 Å². The third-order valence-electron chi connectivity index (χ3n) is 5.35. The number of rotatable bonds is 8. The van der Waals surface area contributed by atoms with Crippen LogP contribution in [0.3, 0.4) is 0 Å². The maximum atomic E-state index is 13.5. The van der Waals surface area contributed by atoms with Crippen LogP contribution in [-0.4, -0.2) is 19.2 Å². The van der Waals surface area contributed by atoms with Crippen molar-refractivity contribution in [1.82, 2.24) is 4.90 Å². The van der Waals surface area contributed by atoms with E-state index in [2.05, 4.69) is 0 Å². The highest BCUT2D eigenvalue weighted by Gasteiger charge is 2.19. The van der Waals surface area contributed by atoms with E-state index in [0.29, 0.717) is 24.2 Å². The number of hydrogen-bond donors (Lipinski definition) is 0. The van der Waals surface area contributed by atoms with Crippen LogP contribution in [0.25, 0.3) is 0 Å². The van der Waals surface area contributed by atoms with Crippen molar-refractivity contribution >= 4 is 15.7 Å². The van der Waals surface area contributed by atoms with Crippen LogP contribution in [0.15, 0.2) is 120 Å². The summed E-state index contributed by atoms with van der Waals surface area (Å²) in [6, 6.07) is 35.0. The third kappa shape index (κ3) is 5.96. The molecule has 0 atom stereocenters.